The Morgan fingerprint density at radius 1 is 1.35 bits per heavy atom. The maximum Gasteiger partial charge on any atom is 0.325 e. The first-order valence-electron chi connectivity index (χ1n) is 5.21. The molecule has 0 aliphatic carbocycles. The van der Waals surface area contributed by atoms with Crippen LogP contribution >= 0.6 is 0 Å². The Morgan fingerprint density at radius 3 is 2.53 bits per heavy atom. The average Bonchev–Trinajstić information content (AvgIpc) is 2.38. The summed E-state index contributed by atoms with van der Waals surface area (Å²) in [6.45, 7) is 3.80. The molecule has 1 aromatic carbocycles. The SMILES string of the molecule is C=CCN(CC(=O)OC)C(=O)c1ccccc1. The summed E-state index contributed by atoms with van der Waals surface area (Å²) in [6, 6.07) is 8.79. The van der Waals surface area contributed by atoms with Crippen molar-refractivity contribution < 1.29 is 14.3 Å². The number of benzene rings is 1. The quantitative estimate of drug-likeness (QED) is 0.571. The van der Waals surface area contributed by atoms with Gasteiger partial charge in [0.05, 0.1) is 7.11 Å². The van der Waals surface area contributed by atoms with Gasteiger partial charge in [-0.2, -0.15) is 0 Å². The summed E-state index contributed by atoms with van der Waals surface area (Å²) >= 11 is 0. The number of rotatable bonds is 5. The van der Waals surface area contributed by atoms with Gasteiger partial charge in [-0.15, -0.1) is 6.58 Å². The Hall–Kier alpha value is -2.10. The van der Waals surface area contributed by atoms with Crippen LogP contribution in [-0.2, 0) is 9.53 Å². The zero-order chi connectivity index (χ0) is 12.7. The van der Waals surface area contributed by atoms with Gasteiger partial charge < -0.3 is 9.64 Å². The molecule has 0 radical (unpaired) electrons. The zero-order valence-corrected chi connectivity index (χ0v) is 9.76. The molecule has 0 unspecified atom stereocenters. The molecule has 0 saturated heterocycles. The van der Waals surface area contributed by atoms with E-state index in [0.717, 1.165) is 0 Å². The highest BCUT2D eigenvalue weighted by Crippen LogP contribution is 2.04. The molecule has 1 rings (SSSR count). The van der Waals surface area contributed by atoms with Crippen molar-refractivity contribution in [1.82, 2.24) is 4.90 Å². The fraction of sp³-hybridized carbons (Fsp3) is 0.231. The molecule has 17 heavy (non-hydrogen) atoms. The van der Waals surface area contributed by atoms with Gasteiger partial charge in [-0.3, -0.25) is 9.59 Å². The van der Waals surface area contributed by atoms with E-state index in [2.05, 4.69) is 11.3 Å². The summed E-state index contributed by atoms with van der Waals surface area (Å²) in [5.74, 6) is -0.660. The number of methoxy groups -OCH3 is 1. The fourth-order valence-corrected chi connectivity index (χ4v) is 1.36. The third kappa shape index (κ3) is 3.75. The lowest BCUT2D eigenvalue weighted by molar-refractivity contribution is -0.141. The maximum atomic E-state index is 12.1. The van der Waals surface area contributed by atoms with Crippen LogP contribution in [0.5, 0.6) is 0 Å². The molecule has 4 nitrogen and oxygen atoms in total. The number of nitrogens with zero attached hydrogens (tertiary/aromatic N) is 1. The van der Waals surface area contributed by atoms with Crippen molar-refractivity contribution in [2.24, 2.45) is 0 Å². The molecule has 0 fully saturated rings. The maximum absolute atomic E-state index is 12.1. The second kappa shape index (κ2) is 6.48. The predicted octanol–water partition coefficient (Wildman–Crippen LogP) is 1.49. The summed E-state index contributed by atoms with van der Waals surface area (Å²) in [7, 11) is 1.29. The van der Waals surface area contributed by atoms with Gasteiger partial charge >= 0.3 is 5.97 Å². The van der Waals surface area contributed by atoms with Crippen LogP contribution in [0.15, 0.2) is 43.0 Å². The van der Waals surface area contributed by atoms with Gasteiger partial charge in [0, 0.05) is 12.1 Å². The molecule has 0 heterocycles. The molecule has 4 heteroatoms. The van der Waals surface area contributed by atoms with Crippen LogP contribution in [0.4, 0.5) is 0 Å². The smallest absolute Gasteiger partial charge is 0.325 e. The first-order valence-corrected chi connectivity index (χ1v) is 5.21. The highest BCUT2D eigenvalue weighted by Gasteiger charge is 2.17. The zero-order valence-electron chi connectivity index (χ0n) is 9.76. The first-order chi connectivity index (χ1) is 8.19. The lowest BCUT2D eigenvalue weighted by Gasteiger charge is -2.19. The number of carbonyl (C=O) groups is 2. The van der Waals surface area contributed by atoms with Crippen LogP contribution in [0, 0.1) is 0 Å². The summed E-state index contributed by atoms with van der Waals surface area (Å²) < 4.78 is 4.55. The molecule has 0 bridgehead atoms. The number of hydrogen-bond donors (Lipinski definition) is 0. The van der Waals surface area contributed by atoms with E-state index in [1.807, 2.05) is 6.07 Å². The van der Waals surface area contributed by atoms with E-state index >= 15 is 0 Å². The van der Waals surface area contributed by atoms with Gasteiger partial charge in [-0.05, 0) is 12.1 Å². The normalized spacial score (nSPS) is 9.47. The number of amides is 1. The van der Waals surface area contributed by atoms with E-state index in [4.69, 9.17) is 0 Å². The van der Waals surface area contributed by atoms with Crippen LogP contribution in [0.25, 0.3) is 0 Å². The minimum atomic E-state index is -0.448. The Balaban J connectivity index is 2.80. The predicted molar refractivity (Wildman–Crippen MR) is 64.6 cm³/mol. The Morgan fingerprint density at radius 2 is 2.00 bits per heavy atom. The summed E-state index contributed by atoms with van der Waals surface area (Å²) in [6.07, 6.45) is 1.57. The molecule has 90 valence electrons. The minimum absolute atomic E-state index is 0.0732. The molecule has 0 aliphatic rings. The second-order valence-corrected chi connectivity index (χ2v) is 3.42. The van der Waals surface area contributed by atoms with Gasteiger partial charge in [0.25, 0.3) is 5.91 Å². The highest BCUT2D eigenvalue weighted by molar-refractivity contribution is 5.96. The van der Waals surface area contributed by atoms with E-state index in [1.54, 1.807) is 30.3 Å². The number of esters is 1. The van der Waals surface area contributed by atoms with Crippen molar-refractivity contribution in [2.45, 2.75) is 0 Å². The topological polar surface area (TPSA) is 46.6 Å². The molecule has 0 saturated carbocycles. The fourth-order valence-electron chi connectivity index (χ4n) is 1.36. The van der Waals surface area contributed by atoms with Gasteiger partial charge in [0.1, 0.15) is 6.54 Å². The van der Waals surface area contributed by atoms with Crippen molar-refractivity contribution in [2.75, 3.05) is 20.2 Å². The Kier molecular flexibility index (Phi) is 4.94. The monoisotopic (exact) mass is 233 g/mol. The van der Waals surface area contributed by atoms with E-state index < -0.39 is 5.97 Å². The molecule has 1 aromatic rings. The Bertz CT molecular complexity index is 400. The highest BCUT2D eigenvalue weighted by atomic mass is 16.5. The van der Waals surface area contributed by atoms with Crippen molar-refractivity contribution >= 4 is 11.9 Å². The third-order valence-electron chi connectivity index (χ3n) is 2.21. The van der Waals surface area contributed by atoms with Gasteiger partial charge in [0.15, 0.2) is 0 Å². The van der Waals surface area contributed by atoms with Crippen molar-refractivity contribution in [3.8, 4) is 0 Å². The van der Waals surface area contributed by atoms with Gasteiger partial charge in [-0.25, -0.2) is 0 Å². The van der Waals surface area contributed by atoms with Crippen LogP contribution in [0.1, 0.15) is 10.4 Å². The van der Waals surface area contributed by atoms with Crippen LogP contribution < -0.4 is 0 Å². The number of ether oxygens (including phenoxy) is 1. The molecule has 0 aliphatic heterocycles. The van der Waals surface area contributed by atoms with Crippen molar-refractivity contribution in [3.63, 3.8) is 0 Å². The van der Waals surface area contributed by atoms with E-state index in [1.165, 1.54) is 12.0 Å². The van der Waals surface area contributed by atoms with Gasteiger partial charge in [0.2, 0.25) is 0 Å². The molecule has 1 amide bonds. The molecule has 0 N–H and O–H groups in total. The third-order valence-corrected chi connectivity index (χ3v) is 2.21. The standard InChI is InChI=1S/C13H15NO3/c1-3-9-14(10-12(15)17-2)13(16)11-7-5-4-6-8-11/h3-8H,1,9-10H2,2H3. The molecular weight excluding hydrogens is 218 g/mol. The van der Waals surface area contributed by atoms with E-state index in [-0.39, 0.29) is 12.5 Å². The van der Waals surface area contributed by atoms with Crippen LogP contribution in [0.3, 0.4) is 0 Å². The molecule has 0 atom stereocenters. The van der Waals surface area contributed by atoms with Crippen LogP contribution in [0.2, 0.25) is 0 Å². The lowest BCUT2D eigenvalue weighted by atomic mass is 10.2. The van der Waals surface area contributed by atoms with Crippen molar-refractivity contribution in [3.05, 3.63) is 48.6 Å². The van der Waals surface area contributed by atoms with Gasteiger partial charge in [-0.1, -0.05) is 24.3 Å². The minimum Gasteiger partial charge on any atom is -0.468 e. The average molecular weight is 233 g/mol. The molecular formula is C13H15NO3. The van der Waals surface area contributed by atoms with Crippen molar-refractivity contribution in [1.29, 1.82) is 0 Å². The largest absolute Gasteiger partial charge is 0.468 e. The molecule has 0 spiro atoms. The second-order valence-electron chi connectivity index (χ2n) is 3.42. The first kappa shape index (κ1) is 13.0. The summed E-state index contributed by atoms with van der Waals surface area (Å²) in [5, 5.41) is 0. The number of hydrogen-bond acceptors (Lipinski definition) is 3. The summed E-state index contributed by atoms with van der Waals surface area (Å²) in [5.41, 5.74) is 0.540. The summed E-state index contributed by atoms with van der Waals surface area (Å²) in [4.78, 5) is 24.6. The Labute approximate surface area is 100 Å². The van der Waals surface area contributed by atoms with E-state index in [9.17, 15) is 9.59 Å². The lowest BCUT2D eigenvalue weighted by Crippen LogP contribution is -2.36. The van der Waals surface area contributed by atoms with Crippen LogP contribution in [-0.4, -0.2) is 37.0 Å². The molecule has 0 aromatic heterocycles. The van der Waals surface area contributed by atoms with E-state index in [0.29, 0.717) is 12.1 Å². The number of carbonyl (C=O) groups excluding carboxylic acids is 2.